The van der Waals surface area contributed by atoms with E-state index in [2.05, 4.69) is 5.32 Å². The van der Waals surface area contributed by atoms with E-state index in [1.54, 1.807) is 30.3 Å². The number of ether oxygens (including phenoxy) is 2. The van der Waals surface area contributed by atoms with Crippen molar-refractivity contribution in [3.8, 4) is 5.75 Å². The molecular formula is C19H20Cl2N2O5S. The fourth-order valence-corrected chi connectivity index (χ4v) is 4.64. The summed E-state index contributed by atoms with van der Waals surface area (Å²) in [5, 5.41) is 3.55. The van der Waals surface area contributed by atoms with Crippen LogP contribution >= 0.6 is 23.2 Å². The lowest BCUT2D eigenvalue weighted by Gasteiger charge is -2.26. The quantitative estimate of drug-likeness (QED) is 0.689. The van der Waals surface area contributed by atoms with E-state index < -0.39 is 10.0 Å². The average Bonchev–Trinajstić information content (AvgIpc) is 2.71. The van der Waals surface area contributed by atoms with Crippen LogP contribution in [0.4, 0.5) is 0 Å². The molecule has 0 radical (unpaired) electrons. The minimum absolute atomic E-state index is 0.194. The standard InChI is InChI=1S/C19H20Cl2N2O5S/c20-15-9-16(21)11-17(10-15)28-13-19(24)22-12-14-1-3-18(4-2-14)29(25,26)23-5-7-27-8-6-23/h1-4,9-11H,5-8,12-13H2,(H,22,24). The Morgan fingerprint density at radius 3 is 2.31 bits per heavy atom. The summed E-state index contributed by atoms with van der Waals surface area (Å²) >= 11 is 11.8. The normalized spacial score (nSPS) is 15.1. The third-order valence-electron chi connectivity index (χ3n) is 4.23. The smallest absolute Gasteiger partial charge is 0.258 e. The first-order valence-electron chi connectivity index (χ1n) is 8.87. The Balaban J connectivity index is 1.51. The topological polar surface area (TPSA) is 84.9 Å². The van der Waals surface area contributed by atoms with Gasteiger partial charge < -0.3 is 14.8 Å². The monoisotopic (exact) mass is 458 g/mol. The second-order valence-corrected chi connectivity index (χ2v) is 9.14. The number of carbonyl (C=O) groups is 1. The van der Waals surface area contributed by atoms with E-state index in [0.29, 0.717) is 42.1 Å². The number of carbonyl (C=O) groups excluding carboxylic acids is 1. The number of amides is 1. The van der Waals surface area contributed by atoms with Crippen LogP contribution in [0.25, 0.3) is 0 Å². The summed E-state index contributed by atoms with van der Waals surface area (Å²) in [7, 11) is -3.53. The van der Waals surface area contributed by atoms with Crippen LogP contribution in [-0.4, -0.2) is 51.5 Å². The van der Waals surface area contributed by atoms with Crippen molar-refractivity contribution < 1.29 is 22.7 Å². The summed E-state index contributed by atoms with van der Waals surface area (Å²) in [5.41, 5.74) is 0.769. The molecule has 1 aliphatic rings. The molecule has 1 saturated heterocycles. The maximum absolute atomic E-state index is 12.6. The van der Waals surface area contributed by atoms with Gasteiger partial charge in [-0.1, -0.05) is 35.3 Å². The van der Waals surface area contributed by atoms with Crippen LogP contribution in [0, 0.1) is 0 Å². The Morgan fingerprint density at radius 1 is 1.07 bits per heavy atom. The number of sulfonamides is 1. The minimum atomic E-state index is -3.53. The molecule has 3 rings (SSSR count). The number of hydrogen-bond donors (Lipinski definition) is 1. The van der Waals surface area contributed by atoms with Crippen LogP contribution in [0.15, 0.2) is 47.4 Å². The fourth-order valence-electron chi connectivity index (χ4n) is 2.73. The van der Waals surface area contributed by atoms with E-state index in [1.165, 1.54) is 16.4 Å². The van der Waals surface area contributed by atoms with E-state index in [-0.39, 0.29) is 24.0 Å². The first-order valence-corrected chi connectivity index (χ1v) is 11.1. The van der Waals surface area contributed by atoms with Crippen LogP contribution < -0.4 is 10.1 Å². The van der Waals surface area contributed by atoms with Crippen molar-refractivity contribution in [1.29, 1.82) is 0 Å². The molecule has 0 unspecified atom stereocenters. The van der Waals surface area contributed by atoms with Gasteiger partial charge in [0.1, 0.15) is 5.75 Å². The fraction of sp³-hybridized carbons (Fsp3) is 0.316. The number of halogens is 2. The second-order valence-electron chi connectivity index (χ2n) is 6.33. The number of nitrogens with one attached hydrogen (secondary N) is 1. The second kappa shape index (κ2) is 9.77. The molecule has 0 aliphatic carbocycles. The van der Waals surface area contributed by atoms with E-state index in [1.807, 2.05) is 0 Å². The highest BCUT2D eigenvalue weighted by atomic mass is 35.5. The van der Waals surface area contributed by atoms with E-state index >= 15 is 0 Å². The van der Waals surface area contributed by atoms with Crippen molar-refractivity contribution in [2.45, 2.75) is 11.4 Å². The van der Waals surface area contributed by atoms with Gasteiger partial charge in [-0.15, -0.1) is 0 Å². The molecule has 0 aromatic heterocycles. The molecule has 1 N–H and O–H groups in total. The van der Waals surface area contributed by atoms with Gasteiger partial charge in [0.2, 0.25) is 10.0 Å². The van der Waals surface area contributed by atoms with Crippen molar-refractivity contribution in [3.63, 3.8) is 0 Å². The molecule has 1 aliphatic heterocycles. The van der Waals surface area contributed by atoms with Gasteiger partial charge in [-0.2, -0.15) is 4.31 Å². The molecule has 0 spiro atoms. The zero-order valence-corrected chi connectivity index (χ0v) is 17.8. The Hall–Kier alpha value is -1.84. The van der Waals surface area contributed by atoms with Crippen molar-refractivity contribution >= 4 is 39.1 Å². The van der Waals surface area contributed by atoms with Gasteiger partial charge in [-0.25, -0.2) is 8.42 Å². The predicted octanol–water partition coefficient (Wildman–Crippen LogP) is 2.71. The van der Waals surface area contributed by atoms with Gasteiger partial charge in [0, 0.05) is 29.7 Å². The summed E-state index contributed by atoms with van der Waals surface area (Å²) < 4.78 is 37.2. The van der Waals surface area contributed by atoms with Crippen molar-refractivity contribution in [3.05, 3.63) is 58.1 Å². The van der Waals surface area contributed by atoms with Crippen LogP contribution in [-0.2, 0) is 26.1 Å². The molecular weight excluding hydrogens is 439 g/mol. The molecule has 2 aromatic rings. The molecule has 0 saturated carbocycles. The number of hydrogen-bond acceptors (Lipinski definition) is 5. The molecule has 1 heterocycles. The highest BCUT2D eigenvalue weighted by molar-refractivity contribution is 7.89. The molecule has 2 aromatic carbocycles. The molecule has 156 valence electrons. The lowest BCUT2D eigenvalue weighted by atomic mass is 10.2. The number of morpholine rings is 1. The third kappa shape index (κ3) is 6.07. The number of nitrogens with zero attached hydrogens (tertiary/aromatic N) is 1. The summed E-state index contributed by atoms with van der Waals surface area (Å²) in [6.07, 6.45) is 0. The zero-order chi connectivity index (χ0) is 20.9. The highest BCUT2D eigenvalue weighted by Gasteiger charge is 2.26. The first-order chi connectivity index (χ1) is 13.8. The highest BCUT2D eigenvalue weighted by Crippen LogP contribution is 2.24. The Morgan fingerprint density at radius 2 is 1.69 bits per heavy atom. The molecule has 0 atom stereocenters. The van der Waals surface area contributed by atoms with Gasteiger partial charge in [0.25, 0.3) is 5.91 Å². The van der Waals surface area contributed by atoms with E-state index in [9.17, 15) is 13.2 Å². The van der Waals surface area contributed by atoms with E-state index in [0.717, 1.165) is 5.56 Å². The van der Waals surface area contributed by atoms with Crippen molar-refractivity contribution in [2.24, 2.45) is 0 Å². The van der Waals surface area contributed by atoms with Gasteiger partial charge in [0.15, 0.2) is 6.61 Å². The number of rotatable bonds is 7. The Kier molecular flexibility index (Phi) is 7.37. The molecule has 0 bridgehead atoms. The van der Waals surface area contributed by atoms with Gasteiger partial charge in [-0.3, -0.25) is 4.79 Å². The number of benzene rings is 2. The minimum Gasteiger partial charge on any atom is -0.484 e. The Labute approximate surface area is 179 Å². The van der Waals surface area contributed by atoms with Crippen LogP contribution in [0.3, 0.4) is 0 Å². The van der Waals surface area contributed by atoms with Crippen molar-refractivity contribution in [1.82, 2.24) is 9.62 Å². The lowest BCUT2D eigenvalue weighted by molar-refractivity contribution is -0.123. The van der Waals surface area contributed by atoms with Crippen LogP contribution in [0.2, 0.25) is 10.0 Å². The van der Waals surface area contributed by atoms with Gasteiger partial charge >= 0.3 is 0 Å². The average molecular weight is 459 g/mol. The lowest BCUT2D eigenvalue weighted by Crippen LogP contribution is -2.40. The Bertz CT molecular complexity index is 941. The van der Waals surface area contributed by atoms with Gasteiger partial charge in [-0.05, 0) is 35.9 Å². The summed E-state index contributed by atoms with van der Waals surface area (Å²) in [6, 6.07) is 11.1. The van der Waals surface area contributed by atoms with Crippen molar-refractivity contribution in [2.75, 3.05) is 32.9 Å². The molecule has 1 fully saturated rings. The summed E-state index contributed by atoms with van der Waals surface area (Å²) in [4.78, 5) is 12.2. The molecule has 10 heteroatoms. The van der Waals surface area contributed by atoms with Gasteiger partial charge in [0.05, 0.1) is 18.1 Å². The largest absolute Gasteiger partial charge is 0.484 e. The molecule has 1 amide bonds. The van der Waals surface area contributed by atoms with Crippen LogP contribution in [0.1, 0.15) is 5.56 Å². The summed E-state index contributed by atoms with van der Waals surface area (Å²) in [6.45, 7) is 1.53. The third-order valence-corrected chi connectivity index (χ3v) is 6.58. The predicted molar refractivity (Wildman–Crippen MR) is 110 cm³/mol. The van der Waals surface area contributed by atoms with E-state index in [4.69, 9.17) is 32.7 Å². The maximum Gasteiger partial charge on any atom is 0.258 e. The first kappa shape index (κ1) is 21.9. The molecule has 29 heavy (non-hydrogen) atoms. The summed E-state index contributed by atoms with van der Waals surface area (Å²) in [5.74, 6) is 0.0708. The molecule has 7 nitrogen and oxygen atoms in total. The zero-order valence-electron chi connectivity index (χ0n) is 15.4. The maximum atomic E-state index is 12.6. The van der Waals surface area contributed by atoms with Crippen LogP contribution in [0.5, 0.6) is 5.75 Å². The SMILES string of the molecule is O=C(COc1cc(Cl)cc(Cl)c1)NCc1ccc(S(=O)(=O)N2CCOCC2)cc1.